The number of anilines is 1. The molecule has 10 nitrogen and oxygen atoms in total. The first-order valence-corrected chi connectivity index (χ1v) is 13.0. The van der Waals surface area contributed by atoms with E-state index in [4.69, 9.17) is 25.8 Å². The molecule has 2 aromatic heterocycles. The molecule has 4 atom stereocenters. The Kier molecular flexibility index (Phi) is 6.03. The minimum Gasteiger partial charge on any atom is -0.456 e. The van der Waals surface area contributed by atoms with Gasteiger partial charge in [0.25, 0.3) is 0 Å². The Hall–Kier alpha value is -3.31. The number of rotatable bonds is 5. The molecule has 1 unspecified atom stereocenters. The Morgan fingerprint density at radius 3 is 2.55 bits per heavy atom. The number of ether oxygens (including phenoxy) is 3. The number of esters is 2. The normalized spacial score (nSPS) is 25.4. The van der Waals surface area contributed by atoms with Crippen LogP contribution in [0.4, 0.5) is 10.2 Å². The van der Waals surface area contributed by atoms with Crippen molar-refractivity contribution < 1.29 is 28.2 Å². The largest absolute Gasteiger partial charge is 0.456 e. The summed E-state index contributed by atoms with van der Waals surface area (Å²) in [7, 11) is 0. The Labute approximate surface area is 223 Å². The monoisotopic (exact) mass is 543 g/mol. The van der Waals surface area contributed by atoms with Gasteiger partial charge in [0.05, 0.1) is 6.33 Å². The van der Waals surface area contributed by atoms with E-state index in [0.717, 1.165) is 31.5 Å². The maximum Gasteiger partial charge on any atom is 0.303 e. The molecule has 0 amide bonds. The van der Waals surface area contributed by atoms with Crippen LogP contribution < -0.4 is 4.90 Å². The van der Waals surface area contributed by atoms with Crippen LogP contribution in [0.3, 0.4) is 0 Å². The van der Waals surface area contributed by atoms with E-state index in [1.54, 1.807) is 17.0 Å². The van der Waals surface area contributed by atoms with Crippen LogP contribution in [0.25, 0.3) is 11.2 Å². The Balaban J connectivity index is 1.31. The van der Waals surface area contributed by atoms with Gasteiger partial charge in [-0.3, -0.25) is 14.2 Å². The molecule has 2 saturated heterocycles. The van der Waals surface area contributed by atoms with Crippen molar-refractivity contribution in [2.45, 2.75) is 64.6 Å². The fourth-order valence-electron chi connectivity index (χ4n) is 6.13. The summed E-state index contributed by atoms with van der Waals surface area (Å²) in [5.41, 5.74) is 3.20. The predicted octanol–water partition coefficient (Wildman–Crippen LogP) is 3.39. The first kappa shape index (κ1) is 25.0. The molecule has 4 heterocycles. The van der Waals surface area contributed by atoms with Gasteiger partial charge in [0, 0.05) is 32.4 Å². The van der Waals surface area contributed by atoms with Gasteiger partial charge in [-0.1, -0.05) is 13.0 Å². The lowest BCUT2D eigenvalue weighted by atomic mass is 9.77. The summed E-state index contributed by atoms with van der Waals surface area (Å²) in [6, 6.07) is 5.01. The highest BCUT2D eigenvalue weighted by Gasteiger charge is 2.51. The Bertz CT molecular complexity index is 1440. The number of carbonyl (C=O) groups is 2. The highest BCUT2D eigenvalue weighted by Crippen LogP contribution is 2.46. The number of imidazole rings is 1. The van der Waals surface area contributed by atoms with Crippen LogP contribution in [0.15, 0.2) is 24.5 Å². The maximum absolute atomic E-state index is 13.7. The summed E-state index contributed by atoms with van der Waals surface area (Å²) in [6.45, 7) is 5.94. The van der Waals surface area contributed by atoms with Crippen molar-refractivity contribution >= 4 is 40.5 Å². The minimum absolute atomic E-state index is 0.0169. The molecule has 0 radical (unpaired) electrons. The number of fused-ring (bicyclic) bond motifs is 2. The minimum atomic E-state index is -0.902. The molecule has 2 fully saturated rings. The first-order valence-electron chi connectivity index (χ1n) is 12.6. The van der Waals surface area contributed by atoms with Gasteiger partial charge in [0.15, 0.2) is 35.4 Å². The summed E-state index contributed by atoms with van der Waals surface area (Å²) in [5.74, 6) is -0.647. The quantitative estimate of drug-likeness (QED) is 0.353. The lowest BCUT2D eigenvalue weighted by molar-refractivity contribution is -0.165. The number of carbonyl (C=O) groups excluding carboxylic acids is 2. The molecule has 6 rings (SSSR count). The molecule has 0 bridgehead atoms. The van der Waals surface area contributed by atoms with Gasteiger partial charge in [0.2, 0.25) is 5.28 Å². The molecule has 0 N–H and O–H groups in total. The molecule has 3 aromatic rings. The van der Waals surface area contributed by atoms with Crippen molar-refractivity contribution in [1.29, 1.82) is 0 Å². The fourth-order valence-corrected chi connectivity index (χ4v) is 6.29. The molecule has 1 aliphatic carbocycles. The van der Waals surface area contributed by atoms with Crippen LogP contribution >= 0.6 is 11.6 Å². The van der Waals surface area contributed by atoms with Crippen molar-refractivity contribution in [3.63, 3.8) is 0 Å². The van der Waals surface area contributed by atoms with E-state index in [2.05, 4.69) is 19.9 Å². The van der Waals surface area contributed by atoms with Crippen molar-refractivity contribution in [1.82, 2.24) is 19.5 Å². The Morgan fingerprint density at radius 1 is 1.13 bits per heavy atom. The van der Waals surface area contributed by atoms with Crippen LogP contribution in [0.1, 0.15) is 44.5 Å². The molecule has 12 heteroatoms. The maximum atomic E-state index is 13.7. The van der Waals surface area contributed by atoms with E-state index in [1.807, 2.05) is 13.0 Å². The number of aromatic nitrogens is 4. The van der Waals surface area contributed by atoms with Gasteiger partial charge in [-0.15, -0.1) is 0 Å². The van der Waals surface area contributed by atoms with Gasteiger partial charge in [-0.25, -0.2) is 9.37 Å². The van der Waals surface area contributed by atoms with Crippen LogP contribution in [0, 0.1) is 11.2 Å². The second-order valence-electron chi connectivity index (χ2n) is 10.4. The van der Waals surface area contributed by atoms with Crippen LogP contribution in [-0.2, 0) is 36.6 Å². The number of benzene rings is 1. The Morgan fingerprint density at radius 2 is 1.84 bits per heavy atom. The molecule has 200 valence electrons. The molecular weight excluding hydrogens is 517 g/mol. The van der Waals surface area contributed by atoms with Crippen LogP contribution in [-0.4, -0.2) is 62.9 Å². The van der Waals surface area contributed by atoms with Gasteiger partial charge in [-0.2, -0.15) is 9.97 Å². The number of hydrogen-bond acceptors (Lipinski definition) is 9. The molecule has 38 heavy (non-hydrogen) atoms. The lowest BCUT2D eigenvalue weighted by Gasteiger charge is -2.49. The average Bonchev–Trinajstić information content (AvgIpc) is 3.50. The molecule has 1 spiro atoms. The number of hydrogen-bond donors (Lipinski definition) is 0. The zero-order chi connectivity index (χ0) is 26.8. The van der Waals surface area contributed by atoms with E-state index in [1.165, 1.54) is 25.5 Å². The van der Waals surface area contributed by atoms with E-state index in [0.29, 0.717) is 23.4 Å². The molecule has 3 aliphatic rings. The van der Waals surface area contributed by atoms with Crippen molar-refractivity contribution in [3.05, 3.63) is 46.8 Å². The number of halogens is 2. The van der Waals surface area contributed by atoms with Crippen molar-refractivity contribution in [2.75, 3.05) is 18.0 Å². The summed E-state index contributed by atoms with van der Waals surface area (Å²) in [4.78, 5) is 39.3. The van der Waals surface area contributed by atoms with E-state index in [9.17, 15) is 14.0 Å². The van der Waals surface area contributed by atoms with Gasteiger partial charge in [0.1, 0.15) is 11.9 Å². The van der Waals surface area contributed by atoms with E-state index in [-0.39, 0.29) is 16.5 Å². The van der Waals surface area contributed by atoms with Gasteiger partial charge < -0.3 is 19.1 Å². The molecule has 0 saturated carbocycles. The fraction of sp³-hybridized carbons (Fsp3) is 0.500. The third kappa shape index (κ3) is 4.17. The smallest absolute Gasteiger partial charge is 0.303 e. The van der Waals surface area contributed by atoms with Crippen LogP contribution in [0.5, 0.6) is 0 Å². The summed E-state index contributed by atoms with van der Waals surface area (Å²) in [6.07, 6.45) is 0.749. The summed E-state index contributed by atoms with van der Waals surface area (Å²) in [5, 5.41) is 0.0394. The average molecular weight is 544 g/mol. The zero-order valence-corrected chi connectivity index (χ0v) is 21.9. The zero-order valence-electron chi connectivity index (χ0n) is 21.2. The second-order valence-corrected chi connectivity index (χ2v) is 10.7. The van der Waals surface area contributed by atoms with Crippen molar-refractivity contribution in [3.8, 4) is 0 Å². The predicted molar refractivity (Wildman–Crippen MR) is 134 cm³/mol. The number of nitrogens with zero attached hydrogens (tertiary/aromatic N) is 5. The van der Waals surface area contributed by atoms with E-state index >= 15 is 0 Å². The lowest BCUT2D eigenvalue weighted by Crippen LogP contribution is -2.57. The third-order valence-corrected chi connectivity index (χ3v) is 7.76. The third-order valence-electron chi connectivity index (χ3n) is 7.59. The molecule has 1 aromatic carbocycles. The summed E-state index contributed by atoms with van der Waals surface area (Å²) < 4.78 is 32.7. The van der Waals surface area contributed by atoms with Gasteiger partial charge >= 0.3 is 11.9 Å². The highest BCUT2D eigenvalue weighted by molar-refractivity contribution is 6.28. The van der Waals surface area contributed by atoms with Crippen LogP contribution in [0.2, 0.25) is 5.28 Å². The first-order chi connectivity index (χ1) is 18.2. The topological polar surface area (TPSA) is 109 Å². The SMILES string of the molecule is CC[C@H]1O[C@@H](n2cnc3c(N4CC5(Cc6ccc(F)cc6C5)C4)nc(Cl)nc32)[C@@H](OC(C)=O)C1OC(C)=O. The van der Waals surface area contributed by atoms with Crippen molar-refractivity contribution in [2.24, 2.45) is 5.41 Å². The standard InChI is InChI=1S/C26H27ClFN5O5/c1-4-18-20(36-13(2)34)21(37-14(3)35)24(38-18)33-12-29-19-22(30-25(27)31-23(19)33)32-10-26(11-32)8-15-5-6-17(28)7-16(15)9-26/h5-7,12,18,20-21,24H,4,8-11H2,1-3H3/t18-,20?,21+,24-/m1/s1. The highest BCUT2D eigenvalue weighted by atomic mass is 35.5. The van der Waals surface area contributed by atoms with Gasteiger partial charge in [-0.05, 0) is 54.1 Å². The molecule has 2 aliphatic heterocycles. The van der Waals surface area contributed by atoms with E-state index < -0.39 is 36.5 Å². The second kappa shape index (κ2) is 9.16. The molecular formula is C26H27ClFN5O5. The summed E-state index contributed by atoms with van der Waals surface area (Å²) >= 11 is 6.37.